The van der Waals surface area contributed by atoms with Crippen molar-refractivity contribution in [2.75, 3.05) is 0 Å². The highest BCUT2D eigenvalue weighted by molar-refractivity contribution is 5.99. The first-order valence-electron chi connectivity index (χ1n) is 8.27. The van der Waals surface area contributed by atoms with Crippen molar-refractivity contribution in [1.82, 2.24) is 0 Å². The molecule has 0 unspecified atom stereocenters. The van der Waals surface area contributed by atoms with Gasteiger partial charge in [0, 0.05) is 11.5 Å². The Bertz CT molecular complexity index is 779. The average molecular weight is 318 g/mol. The summed E-state index contributed by atoms with van der Waals surface area (Å²) >= 11 is 0. The second kappa shape index (κ2) is 6.08. The number of Topliss-reactive ketones (excluding diaryl/α,β-unsaturated/α-hetero) is 1. The zero-order valence-corrected chi connectivity index (χ0v) is 13.2. The topological polar surface area (TPSA) is 43.4 Å². The second-order valence-electron chi connectivity index (χ2n) is 6.44. The largest absolute Gasteiger partial charge is 0.457 e. The van der Waals surface area contributed by atoms with Gasteiger partial charge in [-0.15, -0.1) is 0 Å². The third kappa shape index (κ3) is 2.56. The first kappa shape index (κ1) is 14.9. The van der Waals surface area contributed by atoms with E-state index in [0.717, 1.165) is 6.42 Å². The summed E-state index contributed by atoms with van der Waals surface area (Å²) in [5, 5.41) is 0. The molecule has 1 fully saturated rings. The number of carbonyl (C=O) groups excluding carboxylic acids is 2. The Hall–Kier alpha value is -2.68. The molecule has 3 heteroatoms. The average Bonchev–Trinajstić information content (AvgIpc) is 3.24. The van der Waals surface area contributed by atoms with Crippen LogP contribution in [0.1, 0.15) is 27.1 Å². The Morgan fingerprint density at radius 2 is 1.38 bits per heavy atom. The van der Waals surface area contributed by atoms with Gasteiger partial charge in [0.05, 0.1) is 11.5 Å². The van der Waals surface area contributed by atoms with Gasteiger partial charge >= 0.3 is 5.97 Å². The number of hydrogen-bond acceptors (Lipinski definition) is 3. The minimum absolute atomic E-state index is 0.0679. The molecular formula is C21H18O3. The Morgan fingerprint density at radius 1 is 0.792 bits per heavy atom. The fourth-order valence-electron chi connectivity index (χ4n) is 3.84. The van der Waals surface area contributed by atoms with E-state index < -0.39 is 0 Å². The molecule has 0 aromatic heterocycles. The minimum atomic E-state index is -0.375. The monoisotopic (exact) mass is 318 g/mol. The van der Waals surface area contributed by atoms with E-state index in [-0.39, 0.29) is 35.6 Å². The lowest BCUT2D eigenvalue weighted by molar-refractivity contribution is 0.0114. The minimum Gasteiger partial charge on any atom is -0.457 e. The second-order valence-corrected chi connectivity index (χ2v) is 6.44. The molecule has 0 aliphatic heterocycles. The van der Waals surface area contributed by atoms with E-state index in [4.69, 9.17) is 4.74 Å². The highest BCUT2D eigenvalue weighted by Crippen LogP contribution is 2.46. The first-order valence-corrected chi connectivity index (χ1v) is 8.27. The van der Waals surface area contributed by atoms with E-state index in [0.29, 0.717) is 11.1 Å². The summed E-state index contributed by atoms with van der Waals surface area (Å²) in [6, 6.07) is 18.2. The molecule has 0 saturated heterocycles. The van der Waals surface area contributed by atoms with Gasteiger partial charge in [-0.3, -0.25) is 4.79 Å². The molecule has 0 radical (unpaired) electrons. The lowest BCUT2D eigenvalue weighted by Gasteiger charge is -2.27. The predicted octanol–water partition coefficient (Wildman–Crippen LogP) is 3.92. The van der Waals surface area contributed by atoms with Crippen LogP contribution in [0.15, 0.2) is 72.8 Å². The molecule has 2 aliphatic rings. The standard InChI is InChI=1S/C21H18O3/c22-19(14-7-3-1-4-8-14)18-16-11-12-17(13-16)20(18)24-21(23)15-9-5-2-6-10-15/h1-12,16-18,20H,13H2/t16-,17+,18-,20+/m0/s1. The molecule has 0 heterocycles. The summed E-state index contributed by atoms with van der Waals surface area (Å²) in [5.41, 5.74) is 1.21. The van der Waals surface area contributed by atoms with Crippen LogP contribution in [0.3, 0.4) is 0 Å². The molecular weight excluding hydrogens is 300 g/mol. The number of esters is 1. The Kier molecular flexibility index (Phi) is 3.77. The van der Waals surface area contributed by atoms with Crippen LogP contribution in [0.2, 0.25) is 0 Å². The number of ether oxygens (including phenoxy) is 1. The summed E-state index contributed by atoms with van der Waals surface area (Å²) in [4.78, 5) is 25.4. The number of hydrogen-bond donors (Lipinski definition) is 0. The van der Waals surface area contributed by atoms with E-state index in [1.165, 1.54) is 0 Å². The summed E-state index contributed by atoms with van der Waals surface area (Å²) in [5.74, 6) is -0.266. The van der Waals surface area contributed by atoms with Gasteiger partial charge < -0.3 is 4.74 Å². The highest BCUT2D eigenvalue weighted by atomic mass is 16.5. The van der Waals surface area contributed by atoms with E-state index in [9.17, 15) is 9.59 Å². The normalized spacial score (nSPS) is 27.2. The van der Waals surface area contributed by atoms with Crippen LogP contribution in [0.5, 0.6) is 0 Å². The molecule has 24 heavy (non-hydrogen) atoms. The maximum absolute atomic E-state index is 12.9. The molecule has 2 aliphatic carbocycles. The van der Waals surface area contributed by atoms with E-state index in [1.807, 2.05) is 48.5 Å². The molecule has 1 saturated carbocycles. The molecule has 2 aromatic carbocycles. The number of allylic oxidation sites excluding steroid dienone is 1. The quantitative estimate of drug-likeness (QED) is 0.487. The Balaban J connectivity index is 1.58. The number of carbonyl (C=O) groups is 2. The van der Waals surface area contributed by atoms with Gasteiger partial charge in [0.1, 0.15) is 6.10 Å². The fourth-order valence-corrected chi connectivity index (χ4v) is 3.84. The van der Waals surface area contributed by atoms with Crippen LogP contribution in [0.25, 0.3) is 0 Å². The van der Waals surface area contributed by atoms with Gasteiger partial charge in [-0.1, -0.05) is 60.7 Å². The van der Waals surface area contributed by atoms with E-state index in [1.54, 1.807) is 12.1 Å². The molecule has 120 valence electrons. The van der Waals surface area contributed by atoms with Gasteiger partial charge in [0.25, 0.3) is 0 Å². The predicted molar refractivity (Wildman–Crippen MR) is 90.6 cm³/mol. The van der Waals surface area contributed by atoms with Gasteiger partial charge in [0.15, 0.2) is 5.78 Å². The maximum Gasteiger partial charge on any atom is 0.338 e. The summed E-state index contributed by atoms with van der Waals surface area (Å²) in [7, 11) is 0. The third-order valence-corrected chi connectivity index (χ3v) is 5.00. The lowest BCUT2D eigenvalue weighted by atomic mass is 9.84. The summed E-state index contributed by atoms with van der Waals surface area (Å²) in [6.07, 6.45) is 4.70. The van der Waals surface area contributed by atoms with Crippen molar-refractivity contribution in [3.63, 3.8) is 0 Å². The van der Waals surface area contributed by atoms with Crippen molar-refractivity contribution in [3.8, 4) is 0 Å². The molecule has 0 spiro atoms. The molecule has 0 N–H and O–H groups in total. The van der Waals surface area contributed by atoms with Crippen LogP contribution < -0.4 is 0 Å². The number of fused-ring (bicyclic) bond motifs is 2. The highest BCUT2D eigenvalue weighted by Gasteiger charge is 2.50. The molecule has 3 nitrogen and oxygen atoms in total. The van der Waals surface area contributed by atoms with Crippen LogP contribution in [-0.4, -0.2) is 17.9 Å². The summed E-state index contributed by atoms with van der Waals surface area (Å²) in [6.45, 7) is 0. The third-order valence-electron chi connectivity index (χ3n) is 5.00. The van der Waals surface area contributed by atoms with Crippen LogP contribution in [-0.2, 0) is 4.74 Å². The van der Waals surface area contributed by atoms with Gasteiger partial charge in [-0.05, 0) is 24.5 Å². The molecule has 2 bridgehead atoms. The smallest absolute Gasteiger partial charge is 0.338 e. The fraction of sp³-hybridized carbons (Fsp3) is 0.238. The van der Waals surface area contributed by atoms with Crippen molar-refractivity contribution in [2.24, 2.45) is 17.8 Å². The molecule has 0 amide bonds. The lowest BCUT2D eigenvalue weighted by Crippen LogP contribution is -2.35. The number of ketones is 1. The van der Waals surface area contributed by atoms with Crippen molar-refractivity contribution >= 4 is 11.8 Å². The van der Waals surface area contributed by atoms with Gasteiger partial charge in [-0.2, -0.15) is 0 Å². The molecule has 4 rings (SSSR count). The number of rotatable bonds is 4. The zero-order valence-electron chi connectivity index (χ0n) is 13.2. The van der Waals surface area contributed by atoms with Gasteiger partial charge in [0.2, 0.25) is 0 Å². The van der Waals surface area contributed by atoms with Crippen molar-refractivity contribution in [2.45, 2.75) is 12.5 Å². The molecule has 4 atom stereocenters. The van der Waals surface area contributed by atoms with E-state index >= 15 is 0 Å². The van der Waals surface area contributed by atoms with Crippen molar-refractivity contribution in [1.29, 1.82) is 0 Å². The van der Waals surface area contributed by atoms with Gasteiger partial charge in [-0.25, -0.2) is 4.79 Å². The van der Waals surface area contributed by atoms with Crippen LogP contribution >= 0.6 is 0 Å². The Labute approximate surface area is 141 Å². The zero-order chi connectivity index (χ0) is 16.5. The van der Waals surface area contributed by atoms with E-state index in [2.05, 4.69) is 12.2 Å². The maximum atomic E-state index is 12.9. The molecule has 2 aromatic rings. The van der Waals surface area contributed by atoms with Crippen LogP contribution in [0, 0.1) is 17.8 Å². The first-order chi connectivity index (χ1) is 11.7. The van der Waals surface area contributed by atoms with Crippen molar-refractivity contribution in [3.05, 3.63) is 83.9 Å². The van der Waals surface area contributed by atoms with Crippen molar-refractivity contribution < 1.29 is 14.3 Å². The van der Waals surface area contributed by atoms with Crippen LogP contribution in [0.4, 0.5) is 0 Å². The SMILES string of the molecule is O=C(O[C@H]1[C@H](C(=O)c2ccccc2)[C@H]2C=C[C@@H]1C2)c1ccccc1. The summed E-state index contributed by atoms with van der Waals surface area (Å²) < 4.78 is 5.78. The Morgan fingerprint density at radius 3 is 2.04 bits per heavy atom. The number of benzene rings is 2.